The molecule has 0 bridgehead atoms. The van der Waals surface area contributed by atoms with Crippen molar-refractivity contribution in [2.75, 3.05) is 19.8 Å². The minimum absolute atomic E-state index is 0.237. The Labute approximate surface area is 165 Å². The van der Waals surface area contributed by atoms with Crippen LogP contribution in [0.1, 0.15) is 15.9 Å². The topological polar surface area (TPSA) is 89.0 Å². The molecule has 0 aromatic heterocycles. The van der Waals surface area contributed by atoms with E-state index in [9.17, 15) is 9.59 Å². The van der Waals surface area contributed by atoms with Gasteiger partial charge in [-0.2, -0.15) is 5.10 Å². The molecule has 0 atom stereocenters. The Kier molecular flexibility index (Phi) is 6.16. The highest BCUT2D eigenvalue weighted by atomic mass is 35.5. The summed E-state index contributed by atoms with van der Waals surface area (Å²) in [5.74, 6) is 0.197. The van der Waals surface area contributed by atoms with E-state index in [1.165, 1.54) is 6.21 Å². The van der Waals surface area contributed by atoms with E-state index < -0.39 is 11.8 Å². The maximum atomic E-state index is 12.2. The average Bonchev–Trinajstić information content (AvgIpc) is 2.67. The van der Waals surface area contributed by atoms with Crippen LogP contribution >= 0.6 is 23.2 Å². The van der Waals surface area contributed by atoms with Gasteiger partial charge in [0.1, 0.15) is 13.2 Å². The smallest absolute Gasteiger partial charge is 0.259 e. The van der Waals surface area contributed by atoms with Crippen LogP contribution in [0.2, 0.25) is 10.0 Å². The molecule has 2 N–H and O–H groups in total. The molecular weight excluding hydrogens is 393 g/mol. The lowest BCUT2D eigenvalue weighted by molar-refractivity contribution is -0.120. The first kappa shape index (κ1) is 19.0. The van der Waals surface area contributed by atoms with E-state index in [1.807, 2.05) is 0 Å². The Balaban J connectivity index is 1.50. The number of fused-ring (bicyclic) bond motifs is 1. The summed E-state index contributed by atoms with van der Waals surface area (Å²) in [5, 5.41) is 7.22. The minimum Gasteiger partial charge on any atom is -0.486 e. The number of amides is 2. The average molecular weight is 408 g/mol. The van der Waals surface area contributed by atoms with Crippen LogP contribution < -0.4 is 20.2 Å². The normalized spacial score (nSPS) is 12.7. The van der Waals surface area contributed by atoms with Crippen LogP contribution in [-0.4, -0.2) is 37.8 Å². The minimum atomic E-state index is -0.484. The Bertz CT molecular complexity index is 902. The molecule has 0 spiro atoms. The highest BCUT2D eigenvalue weighted by Crippen LogP contribution is 2.30. The second-order valence-corrected chi connectivity index (χ2v) is 6.34. The molecule has 0 radical (unpaired) electrons. The van der Waals surface area contributed by atoms with E-state index in [0.29, 0.717) is 45.9 Å². The number of carbonyl (C=O) groups excluding carboxylic acids is 2. The van der Waals surface area contributed by atoms with Crippen molar-refractivity contribution in [2.24, 2.45) is 5.10 Å². The lowest BCUT2D eigenvalue weighted by Gasteiger charge is -2.18. The zero-order valence-electron chi connectivity index (χ0n) is 14.0. The molecule has 3 rings (SSSR count). The van der Waals surface area contributed by atoms with Gasteiger partial charge in [0, 0.05) is 16.1 Å². The van der Waals surface area contributed by atoms with Gasteiger partial charge in [-0.15, -0.1) is 0 Å². The van der Waals surface area contributed by atoms with E-state index in [-0.39, 0.29) is 6.54 Å². The summed E-state index contributed by atoms with van der Waals surface area (Å²) in [6.45, 7) is 0.662. The van der Waals surface area contributed by atoms with Crippen molar-refractivity contribution in [1.29, 1.82) is 0 Å². The van der Waals surface area contributed by atoms with E-state index in [1.54, 1.807) is 36.4 Å². The standard InChI is InChI=1S/C18H15Cl2N3O4/c19-13-3-1-12(14(20)8-13)9-22-23-17(24)10-21-18(25)11-2-4-15-16(7-11)27-6-5-26-15/h1-4,7-9H,5-6,10H2,(H,21,25)(H,23,24)/b22-9-. The largest absolute Gasteiger partial charge is 0.486 e. The van der Waals surface area contributed by atoms with Gasteiger partial charge in [0.05, 0.1) is 17.8 Å². The molecule has 2 aromatic rings. The van der Waals surface area contributed by atoms with Gasteiger partial charge in [-0.1, -0.05) is 29.3 Å². The van der Waals surface area contributed by atoms with Gasteiger partial charge in [0.2, 0.25) is 0 Å². The van der Waals surface area contributed by atoms with E-state index >= 15 is 0 Å². The molecular formula is C18H15Cl2N3O4. The van der Waals surface area contributed by atoms with Gasteiger partial charge in [0.25, 0.3) is 11.8 Å². The third kappa shape index (κ3) is 5.12. The molecule has 2 amide bonds. The Morgan fingerprint density at radius 3 is 2.63 bits per heavy atom. The Morgan fingerprint density at radius 2 is 1.85 bits per heavy atom. The summed E-state index contributed by atoms with van der Waals surface area (Å²) in [7, 11) is 0. The zero-order chi connectivity index (χ0) is 19.2. The third-order valence-corrected chi connectivity index (χ3v) is 4.13. The molecule has 0 fully saturated rings. The lowest BCUT2D eigenvalue weighted by atomic mass is 10.2. The number of nitrogens with zero attached hydrogens (tertiary/aromatic N) is 1. The molecule has 1 aliphatic heterocycles. The van der Waals surface area contributed by atoms with E-state index in [2.05, 4.69) is 15.8 Å². The Morgan fingerprint density at radius 1 is 1.07 bits per heavy atom. The highest BCUT2D eigenvalue weighted by Gasteiger charge is 2.15. The van der Waals surface area contributed by atoms with Crippen LogP contribution in [0.25, 0.3) is 0 Å². The first-order valence-electron chi connectivity index (χ1n) is 7.98. The van der Waals surface area contributed by atoms with Crippen LogP contribution in [0.15, 0.2) is 41.5 Å². The van der Waals surface area contributed by atoms with Crippen molar-refractivity contribution in [1.82, 2.24) is 10.7 Å². The van der Waals surface area contributed by atoms with Crippen molar-refractivity contribution in [3.63, 3.8) is 0 Å². The number of ether oxygens (including phenoxy) is 2. The van der Waals surface area contributed by atoms with Crippen molar-refractivity contribution in [3.05, 3.63) is 57.6 Å². The van der Waals surface area contributed by atoms with Crippen molar-refractivity contribution < 1.29 is 19.1 Å². The maximum Gasteiger partial charge on any atom is 0.259 e. The predicted molar refractivity (Wildman–Crippen MR) is 102 cm³/mol. The molecule has 1 aliphatic rings. The van der Waals surface area contributed by atoms with Crippen molar-refractivity contribution in [2.45, 2.75) is 0 Å². The van der Waals surface area contributed by atoms with E-state index in [4.69, 9.17) is 32.7 Å². The molecule has 27 heavy (non-hydrogen) atoms. The molecule has 0 aliphatic carbocycles. The molecule has 7 nitrogen and oxygen atoms in total. The number of nitrogens with one attached hydrogen (secondary N) is 2. The van der Waals surface area contributed by atoms with Crippen LogP contribution in [-0.2, 0) is 4.79 Å². The maximum absolute atomic E-state index is 12.2. The van der Waals surface area contributed by atoms with Gasteiger partial charge in [-0.05, 0) is 30.3 Å². The third-order valence-electron chi connectivity index (χ3n) is 3.57. The summed E-state index contributed by atoms with van der Waals surface area (Å²) >= 11 is 11.8. The van der Waals surface area contributed by atoms with E-state index in [0.717, 1.165) is 0 Å². The SMILES string of the molecule is O=C(CNC(=O)c1ccc2c(c1)OCCO2)N/N=C\c1ccc(Cl)cc1Cl. The van der Waals surface area contributed by atoms with Crippen molar-refractivity contribution >= 4 is 41.2 Å². The lowest BCUT2D eigenvalue weighted by Crippen LogP contribution is -2.35. The zero-order valence-corrected chi connectivity index (χ0v) is 15.5. The fraction of sp³-hybridized carbons (Fsp3) is 0.167. The summed E-state index contributed by atoms with van der Waals surface area (Å²) in [6.07, 6.45) is 1.39. The second-order valence-electron chi connectivity index (χ2n) is 5.50. The van der Waals surface area contributed by atoms with Crippen molar-refractivity contribution in [3.8, 4) is 11.5 Å². The van der Waals surface area contributed by atoms with Crippen LogP contribution in [0.5, 0.6) is 11.5 Å². The predicted octanol–water partition coefficient (Wildman–Crippen LogP) is 2.64. The second kappa shape index (κ2) is 8.75. The van der Waals surface area contributed by atoms with Gasteiger partial charge in [0.15, 0.2) is 11.5 Å². The molecule has 0 saturated carbocycles. The number of halogens is 2. The first-order chi connectivity index (χ1) is 13.0. The number of carbonyl (C=O) groups is 2. The number of rotatable bonds is 5. The number of hydrogen-bond acceptors (Lipinski definition) is 5. The number of hydrogen-bond donors (Lipinski definition) is 2. The van der Waals surface area contributed by atoms with Gasteiger partial charge < -0.3 is 14.8 Å². The highest BCUT2D eigenvalue weighted by molar-refractivity contribution is 6.36. The molecule has 0 unspecified atom stereocenters. The summed E-state index contributed by atoms with van der Waals surface area (Å²) in [5.41, 5.74) is 3.27. The Hall–Kier alpha value is -2.77. The summed E-state index contributed by atoms with van der Waals surface area (Å²) in [4.78, 5) is 24.0. The molecule has 1 heterocycles. The first-order valence-corrected chi connectivity index (χ1v) is 8.73. The van der Waals surface area contributed by atoms with Crippen LogP contribution in [0.4, 0.5) is 0 Å². The number of benzene rings is 2. The quantitative estimate of drug-likeness (QED) is 0.588. The molecule has 0 saturated heterocycles. The fourth-order valence-corrected chi connectivity index (χ4v) is 2.72. The molecule has 9 heteroatoms. The molecule has 140 valence electrons. The monoisotopic (exact) mass is 407 g/mol. The van der Waals surface area contributed by atoms with Gasteiger partial charge >= 0.3 is 0 Å². The van der Waals surface area contributed by atoms with Gasteiger partial charge in [-0.25, -0.2) is 5.43 Å². The molecule has 2 aromatic carbocycles. The van der Waals surface area contributed by atoms with Crippen LogP contribution in [0, 0.1) is 0 Å². The van der Waals surface area contributed by atoms with Crippen LogP contribution in [0.3, 0.4) is 0 Å². The summed E-state index contributed by atoms with van der Waals surface area (Å²) in [6, 6.07) is 9.72. The van der Waals surface area contributed by atoms with Gasteiger partial charge in [-0.3, -0.25) is 9.59 Å². The number of hydrazone groups is 1. The summed E-state index contributed by atoms with van der Waals surface area (Å²) < 4.78 is 10.8. The fourth-order valence-electron chi connectivity index (χ4n) is 2.27.